The zero-order valence-corrected chi connectivity index (χ0v) is 30.9. The number of hydrogen-bond acceptors (Lipinski definition) is 9. The molecule has 3 aliphatic heterocycles. The van der Waals surface area contributed by atoms with Crippen LogP contribution in [0.1, 0.15) is 107 Å². The molecule has 8 rings (SSSR count). The number of morpholine rings is 1. The lowest BCUT2D eigenvalue weighted by Crippen LogP contribution is -2.62. The van der Waals surface area contributed by atoms with E-state index in [4.69, 9.17) is 18.9 Å². The van der Waals surface area contributed by atoms with E-state index in [1.165, 1.54) is 32.6 Å². The molecule has 3 saturated heterocycles. The zero-order valence-electron chi connectivity index (χ0n) is 30.9. The van der Waals surface area contributed by atoms with Crippen LogP contribution in [0.25, 0.3) is 0 Å². The fraction of sp³-hybridized carbons (Fsp3) is 0.974. The van der Waals surface area contributed by atoms with Crippen LogP contribution in [-0.2, 0) is 23.7 Å². The number of rotatable bonds is 6. The first-order valence-electron chi connectivity index (χ1n) is 19.4. The highest BCUT2D eigenvalue weighted by Gasteiger charge is 2.84. The highest BCUT2D eigenvalue weighted by atomic mass is 16.7. The highest BCUT2D eigenvalue weighted by Crippen LogP contribution is 2.89. The maximum Gasteiger partial charge on any atom is 0.303 e. The van der Waals surface area contributed by atoms with Gasteiger partial charge in [-0.1, -0.05) is 34.6 Å². The molecule has 3 heterocycles. The number of nitrogens with zero attached hydrogens (tertiary/aromatic N) is 1. The summed E-state index contributed by atoms with van der Waals surface area (Å²) in [7, 11) is 0. The fourth-order valence-electron chi connectivity index (χ4n) is 14.4. The number of hydrogen-bond donors (Lipinski definition) is 3. The van der Waals surface area contributed by atoms with Gasteiger partial charge in [-0.2, -0.15) is 0 Å². The minimum absolute atomic E-state index is 0.0460. The van der Waals surface area contributed by atoms with Crippen LogP contribution in [0.4, 0.5) is 0 Å². The van der Waals surface area contributed by atoms with E-state index in [2.05, 4.69) is 44.8 Å². The smallest absolute Gasteiger partial charge is 0.303 e. The Morgan fingerprint density at radius 3 is 2.42 bits per heavy atom. The summed E-state index contributed by atoms with van der Waals surface area (Å²) in [5, 5.41) is 27.0. The van der Waals surface area contributed by atoms with Gasteiger partial charge in [-0.15, -0.1) is 0 Å². The van der Waals surface area contributed by atoms with E-state index in [1.54, 1.807) is 13.8 Å². The monoisotopic (exact) mass is 672 g/mol. The van der Waals surface area contributed by atoms with Crippen LogP contribution in [0.5, 0.6) is 0 Å². The van der Waals surface area contributed by atoms with Crippen LogP contribution in [0.15, 0.2) is 0 Å². The van der Waals surface area contributed by atoms with Crippen molar-refractivity contribution < 1.29 is 34.0 Å². The maximum atomic E-state index is 12.6. The van der Waals surface area contributed by atoms with Crippen LogP contribution in [0.3, 0.4) is 0 Å². The van der Waals surface area contributed by atoms with E-state index in [1.807, 2.05) is 0 Å². The number of aliphatic hydroxyl groups excluding tert-OH is 1. The van der Waals surface area contributed by atoms with Crippen molar-refractivity contribution in [1.29, 1.82) is 0 Å². The zero-order chi connectivity index (χ0) is 34.2. The molecule has 9 heteroatoms. The lowest BCUT2D eigenvalue weighted by atomic mass is 9.41. The summed E-state index contributed by atoms with van der Waals surface area (Å²) in [6.45, 7) is 21.7. The van der Waals surface area contributed by atoms with Crippen LogP contribution in [0.2, 0.25) is 0 Å². The second-order valence-electron chi connectivity index (χ2n) is 19.5. The Kier molecular flexibility index (Phi) is 7.93. The average molecular weight is 673 g/mol. The van der Waals surface area contributed by atoms with Crippen molar-refractivity contribution in [2.24, 2.45) is 50.7 Å². The number of fused-ring (bicyclic) bond motifs is 4. The molecule has 3 N–H and O–H groups in total. The lowest BCUT2D eigenvalue weighted by molar-refractivity contribution is -0.251. The maximum absolute atomic E-state index is 12.6. The molecule has 5 aliphatic carbocycles. The molecule has 48 heavy (non-hydrogen) atoms. The molecular formula is C39H64N2O7. The van der Waals surface area contributed by atoms with Crippen molar-refractivity contribution in [3.8, 4) is 0 Å². The van der Waals surface area contributed by atoms with Crippen molar-refractivity contribution >= 4 is 5.97 Å². The van der Waals surface area contributed by atoms with Gasteiger partial charge in [0.1, 0.15) is 0 Å². The van der Waals surface area contributed by atoms with Gasteiger partial charge in [0, 0.05) is 44.6 Å². The molecule has 0 aromatic heterocycles. The molecular weight excluding hydrogens is 608 g/mol. The predicted octanol–water partition coefficient (Wildman–Crippen LogP) is 4.52. The van der Waals surface area contributed by atoms with Crippen LogP contribution >= 0.6 is 0 Å². The number of esters is 1. The van der Waals surface area contributed by atoms with Crippen LogP contribution < -0.4 is 5.32 Å². The standard InChI is InChI=1S/C39H64N2O7/c1-22-17-25(33(35(5,6)44)46-23(2)42)47-31-30(22)36(7)13-14-39-21-38(39)12-11-28(48-29-20-41(15-16-45-29)24-18-40-19-24)34(3,4)26(38)9-10-27(39)37(36,8)32(31)43/h22,24-33,40,43-44H,9-21H2,1-8H3/t22-,25-,26+,27+,28+,29?,30?,31+,32+,33+,36-,37-,38?,39+/m1/s1. The fourth-order valence-corrected chi connectivity index (χ4v) is 14.4. The third kappa shape index (κ3) is 4.55. The van der Waals surface area contributed by atoms with Gasteiger partial charge in [0.2, 0.25) is 0 Å². The normalized spacial score (nSPS) is 52.1. The van der Waals surface area contributed by atoms with Crippen LogP contribution in [0, 0.1) is 50.7 Å². The summed E-state index contributed by atoms with van der Waals surface area (Å²) < 4.78 is 25.7. The van der Waals surface area contributed by atoms with Crippen molar-refractivity contribution in [2.45, 2.75) is 155 Å². The van der Waals surface area contributed by atoms with Gasteiger partial charge in [0.25, 0.3) is 0 Å². The van der Waals surface area contributed by atoms with Gasteiger partial charge in [-0.25, -0.2) is 0 Å². The van der Waals surface area contributed by atoms with Crippen molar-refractivity contribution in [1.82, 2.24) is 10.2 Å². The molecule has 0 aromatic rings. The second kappa shape index (κ2) is 11.1. The molecule has 0 bridgehead atoms. The molecule has 0 aromatic carbocycles. The minimum atomic E-state index is -1.25. The predicted molar refractivity (Wildman–Crippen MR) is 181 cm³/mol. The van der Waals surface area contributed by atoms with E-state index in [0.717, 1.165) is 52.0 Å². The first-order valence-corrected chi connectivity index (χ1v) is 19.4. The minimum Gasteiger partial charge on any atom is -0.457 e. The molecule has 14 atom stereocenters. The molecule has 9 nitrogen and oxygen atoms in total. The van der Waals surface area contributed by atoms with Crippen molar-refractivity contribution in [2.75, 3.05) is 32.8 Å². The van der Waals surface area contributed by atoms with Crippen LogP contribution in [-0.4, -0.2) is 102 Å². The Morgan fingerprint density at radius 1 is 1.04 bits per heavy atom. The van der Waals surface area contributed by atoms with E-state index < -0.39 is 29.9 Å². The molecule has 8 fully saturated rings. The first kappa shape index (κ1) is 34.3. The Balaban J connectivity index is 1.03. The van der Waals surface area contributed by atoms with Gasteiger partial charge in [0.05, 0.1) is 36.6 Å². The summed E-state index contributed by atoms with van der Waals surface area (Å²) in [4.78, 5) is 14.7. The van der Waals surface area contributed by atoms with E-state index in [-0.39, 0.29) is 52.0 Å². The van der Waals surface area contributed by atoms with E-state index in [0.29, 0.717) is 29.7 Å². The highest BCUT2D eigenvalue weighted by molar-refractivity contribution is 5.66. The van der Waals surface area contributed by atoms with Crippen molar-refractivity contribution in [3.05, 3.63) is 0 Å². The quantitative estimate of drug-likeness (QED) is 0.351. The number of ether oxygens (including phenoxy) is 4. The van der Waals surface area contributed by atoms with Gasteiger partial charge >= 0.3 is 5.97 Å². The van der Waals surface area contributed by atoms with Gasteiger partial charge in [-0.3, -0.25) is 9.69 Å². The summed E-state index contributed by atoms with van der Waals surface area (Å²) in [6, 6.07) is 0.619. The average Bonchev–Trinajstić information content (AvgIpc) is 3.61. The van der Waals surface area contributed by atoms with Gasteiger partial charge in [0.15, 0.2) is 12.4 Å². The molecule has 3 unspecified atom stereocenters. The van der Waals surface area contributed by atoms with Gasteiger partial charge < -0.3 is 34.5 Å². The summed E-state index contributed by atoms with van der Waals surface area (Å²) in [5.41, 5.74) is -0.903. The second-order valence-corrected chi connectivity index (χ2v) is 19.5. The number of carbonyl (C=O) groups excluding carboxylic acids is 1. The SMILES string of the molecule is CC(=O)O[C@@H]([C@H]1C[C@@H](C)C2[C@H](O1)[C@H](O)[C@@]1(C)[C@@H]3CC[C@H]4C(C)(C)[C@@H](OC5CN(C6CNC6)CCO5)CCC45C[C@@]35CC[C@]21C)C(C)(C)O. The van der Waals surface area contributed by atoms with E-state index >= 15 is 0 Å². The Morgan fingerprint density at radius 2 is 1.75 bits per heavy atom. The topological polar surface area (TPSA) is 110 Å². The third-order valence-corrected chi connectivity index (χ3v) is 16.8. The summed E-state index contributed by atoms with van der Waals surface area (Å²) in [5.74, 6) is 1.15. The molecule has 2 spiro atoms. The molecule has 8 aliphatic rings. The molecule has 272 valence electrons. The third-order valence-electron chi connectivity index (χ3n) is 16.8. The molecule has 0 radical (unpaired) electrons. The van der Waals surface area contributed by atoms with E-state index in [9.17, 15) is 15.0 Å². The van der Waals surface area contributed by atoms with Crippen molar-refractivity contribution in [3.63, 3.8) is 0 Å². The number of carbonyl (C=O) groups is 1. The first-order chi connectivity index (χ1) is 22.5. The Bertz CT molecular complexity index is 1280. The molecule has 0 amide bonds. The Hall–Kier alpha value is -0.810. The summed E-state index contributed by atoms with van der Waals surface area (Å²) in [6.07, 6.45) is 6.87. The Labute approximate surface area is 288 Å². The number of aliphatic hydroxyl groups is 2. The summed E-state index contributed by atoms with van der Waals surface area (Å²) >= 11 is 0. The number of nitrogens with one attached hydrogen (secondary N) is 1. The molecule has 5 saturated carbocycles. The lowest BCUT2D eigenvalue weighted by Gasteiger charge is -2.64. The largest absolute Gasteiger partial charge is 0.457 e. The van der Waals surface area contributed by atoms with Gasteiger partial charge in [-0.05, 0) is 111 Å².